The smallest absolute Gasteiger partial charge is 0.338 e. The van der Waals surface area contributed by atoms with Crippen LogP contribution < -0.4 is 14.2 Å². The Bertz CT molecular complexity index is 3440. The van der Waals surface area contributed by atoms with Gasteiger partial charge in [-0.05, 0) is 209 Å². The number of nitrogens with zero attached hydrogens (tertiary/aromatic N) is 1. The molecule has 2 atom stereocenters. The minimum absolute atomic E-state index is 0.219. The molecule has 7 nitrogen and oxygen atoms in total. The monoisotopic (exact) mass is 1270 g/mol. The number of esters is 1. The van der Waals surface area contributed by atoms with E-state index in [0.717, 1.165) is 70.8 Å². The van der Waals surface area contributed by atoms with Crippen molar-refractivity contribution in [2.75, 3.05) is 13.4 Å². The molecule has 1 aliphatic heterocycles. The Hall–Kier alpha value is -7.68. The molecule has 7 aromatic carbocycles. The molecular weight excluding hydrogens is 1160 g/mol. The molecule has 12 rings (SSSR count). The number of rotatable bonds is 17. The van der Waals surface area contributed by atoms with Crippen LogP contribution in [0, 0.1) is 17.8 Å². The number of ether oxygens (including phenoxy) is 4. The molecule has 0 N–H and O–H groups in total. The second-order valence-corrected chi connectivity index (χ2v) is 27.9. The van der Waals surface area contributed by atoms with Gasteiger partial charge in [0.25, 0.3) is 0 Å². The van der Waals surface area contributed by atoms with E-state index in [2.05, 4.69) is 217 Å². The molecule has 0 bridgehead atoms. The van der Waals surface area contributed by atoms with Gasteiger partial charge in [0.2, 0.25) is 6.79 Å². The maximum atomic E-state index is 11.6. The Morgan fingerprint density at radius 1 is 0.581 bits per heavy atom. The van der Waals surface area contributed by atoms with E-state index in [9.17, 15) is 4.79 Å². The molecule has 3 aliphatic rings. The third-order valence-electron chi connectivity index (χ3n) is 17.0. The fourth-order valence-corrected chi connectivity index (χ4v) is 11.6. The van der Waals surface area contributed by atoms with Crippen LogP contribution >= 0.6 is 11.3 Å². The second-order valence-electron chi connectivity index (χ2n) is 26.8. The highest BCUT2D eigenvalue weighted by molar-refractivity contribution is 7.09. The van der Waals surface area contributed by atoms with Crippen molar-refractivity contribution in [2.45, 2.75) is 197 Å². The highest BCUT2D eigenvalue weighted by atomic mass is 32.1. The third kappa shape index (κ3) is 26.0. The van der Waals surface area contributed by atoms with Gasteiger partial charge in [-0.1, -0.05) is 238 Å². The minimum atomic E-state index is -0.219. The molecule has 2 aromatic heterocycles. The molecule has 9 aromatic rings. The summed E-state index contributed by atoms with van der Waals surface area (Å²) in [6.07, 6.45) is 14.5. The Kier molecular flexibility index (Phi) is 31.8. The zero-order chi connectivity index (χ0) is 67.1. The van der Waals surface area contributed by atoms with Gasteiger partial charge in [0, 0.05) is 10.4 Å². The van der Waals surface area contributed by atoms with Crippen LogP contribution in [-0.2, 0) is 24.0 Å². The lowest BCUT2D eigenvalue weighted by atomic mass is 9.85. The summed E-state index contributed by atoms with van der Waals surface area (Å²) in [6, 6.07) is 62.3. The molecular formula is C85H109NO6S. The summed E-state index contributed by atoms with van der Waals surface area (Å²) in [5.41, 5.74) is 13.3. The first-order valence-electron chi connectivity index (χ1n) is 34.5. The lowest BCUT2D eigenvalue weighted by molar-refractivity contribution is 0.0499. The number of thiophene rings is 1. The normalized spacial score (nSPS) is 14.0. The van der Waals surface area contributed by atoms with Crippen LogP contribution in [-0.4, -0.2) is 24.4 Å². The molecule has 3 heterocycles. The van der Waals surface area contributed by atoms with Crippen molar-refractivity contribution in [3.05, 3.63) is 255 Å². The predicted octanol–water partition coefficient (Wildman–Crippen LogP) is 24.8. The van der Waals surface area contributed by atoms with E-state index in [1.54, 1.807) is 22.9 Å². The fourth-order valence-electron chi connectivity index (χ4n) is 10.9. The molecule has 1 unspecified atom stereocenters. The summed E-state index contributed by atoms with van der Waals surface area (Å²) in [7, 11) is 0. The number of benzene rings is 7. The predicted molar refractivity (Wildman–Crippen MR) is 392 cm³/mol. The fraction of sp³-hybridized carbons (Fsp3) is 0.412. The van der Waals surface area contributed by atoms with Crippen LogP contribution in [0.5, 0.6) is 23.0 Å². The molecule has 2 aliphatic carbocycles. The number of hydrogen-bond acceptors (Lipinski definition) is 8. The molecule has 8 heteroatoms. The minimum Gasteiger partial charge on any atom is -0.462 e. The van der Waals surface area contributed by atoms with Crippen molar-refractivity contribution in [3.8, 4) is 34.3 Å². The summed E-state index contributed by atoms with van der Waals surface area (Å²) in [5.74, 6) is 10.5. The number of carbonyl (C=O) groups is 1. The molecule has 0 saturated heterocycles. The highest BCUT2D eigenvalue weighted by Crippen LogP contribution is 2.51. The topological polar surface area (TPSA) is 80.0 Å². The van der Waals surface area contributed by atoms with Gasteiger partial charge in [0.05, 0.1) is 18.4 Å². The summed E-state index contributed by atoms with van der Waals surface area (Å²) < 4.78 is 26.5. The van der Waals surface area contributed by atoms with Crippen LogP contribution in [0.25, 0.3) is 11.3 Å². The lowest BCUT2D eigenvalue weighted by Gasteiger charge is -2.21. The summed E-state index contributed by atoms with van der Waals surface area (Å²) in [5, 5.41) is 2.15. The number of hydrogen-bond donors (Lipinski definition) is 0. The number of para-hydroxylation sites is 1. The van der Waals surface area contributed by atoms with E-state index in [-0.39, 0.29) is 5.97 Å². The third-order valence-corrected chi connectivity index (χ3v) is 17.9. The quantitative estimate of drug-likeness (QED) is 0.0664. The summed E-state index contributed by atoms with van der Waals surface area (Å²) >= 11 is 1.86. The number of aryl methyl sites for hydroxylation is 2. The summed E-state index contributed by atoms with van der Waals surface area (Å²) in [6.45, 7) is 34.1. The maximum absolute atomic E-state index is 11.6. The van der Waals surface area contributed by atoms with Gasteiger partial charge in [0.15, 0.2) is 23.7 Å². The lowest BCUT2D eigenvalue weighted by Crippen LogP contribution is -2.06. The van der Waals surface area contributed by atoms with Gasteiger partial charge >= 0.3 is 5.97 Å². The van der Waals surface area contributed by atoms with E-state index >= 15 is 0 Å². The van der Waals surface area contributed by atoms with Gasteiger partial charge in [-0.15, -0.1) is 11.3 Å². The Morgan fingerprint density at radius 3 is 1.71 bits per heavy atom. The Labute approximate surface area is 564 Å². The molecule has 0 amide bonds. The van der Waals surface area contributed by atoms with E-state index in [1.165, 1.54) is 84.0 Å². The first kappa shape index (κ1) is 74.4. The summed E-state index contributed by atoms with van der Waals surface area (Å²) in [4.78, 5) is 17.0. The van der Waals surface area contributed by atoms with Crippen molar-refractivity contribution < 1.29 is 28.2 Å². The molecule has 496 valence electrons. The average molecular weight is 1270 g/mol. The Morgan fingerprint density at radius 2 is 1.16 bits per heavy atom. The Balaban J connectivity index is 0.000000173. The van der Waals surface area contributed by atoms with Crippen LogP contribution in [0.4, 0.5) is 0 Å². The largest absolute Gasteiger partial charge is 0.462 e. The van der Waals surface area contributed by atoms with Crippen molar-refractivity contribution in [3.63, 3.8) is 0 Å². The standard InChI is InChI=1S/C15H16O.C14H20O2.C13H18.C12H13NO.C12H16.C10H12O2.C9H14S/c1-12(2)13-8-10-15(11-9-13)16-14-6-4-3-5-7-14;1-4-5-10-16-14(15)13-8-6-12(7-9-13)11(2)3;1-10(2)12-9-5-7-11-6-3-4-8-13(11)12;1-9(2)10-3-5-11(6-4-10)12-7-13-8-14-12;1-9(2)11-8-12(11)10-6-4-3-5-7-10;1-7(2)8-3-4-9-10(5-8)12-6-11-9;1-8(2)5-6-9-4-3-7-10-9/h3-12H,1-2H3;6-9,11H,4-5,10H2,1-3H3;5,7,9-10H,3-4,6,8H2,1-2H3;3-9H,1-2H3;3-7,9,11-12H,8H2,1-2H3;3-5,7H,6H2,1-2H3;3-4,7-8H,5-6H2,1-2H3/t;;;;11-,12?;;/m....0../s1. The highest BCUT2D eigenvalue weighted by Gasteiger charge is 2.39. The van der Waals surface area contributed by atoms with Crippen molar-refractivity contribution in [1.29, 1.82) is 0 Å². The van der Waals surface area contributed by atoms with E-state index in [1.807, 2.05) is 90.2 Å². The van der Waals surface area contributed by atoms with Crippen LogP contribution in [0.3, 0.4) is 0 Å². The maximum Gasteiger partial charge on any atom is 0.338 e. The van der Waals surface area contributed by atoms with Crippen LogP contribution in [0.15, 0.2) is 204 Å². The van der Waals surface area contributed by atoms with Gasteiger partial charge in [-0.25, -0.2) is 9.78 Å². The molecule has 0 radical (unpaired) electrons. The van der Waals surface area contributed by atoms with E-state index in [0.29, 0.717) is 48.6 Å². The number of carbonyl (C=O) groups excluding carboxylic acids is 1. The number of unbranched alkanes of at least 4 members (excludes halogenated alkanes) is 1. The number of oxazole rings is 1. The molecule has 1 fully saturated rings. The van der Waals surface area contributed by atoms with Crippen molar-refractivity contribution >= 4 is 17.3 Å². The van der Waals surface area contributed by atoms with Crippen molar-refractivity contribution in [1.82, 2.24) is 4.98 Å². The van der Waals surface area contributed by atoms with E-state index in [4.69, 9.17) is 23.4 Å². The first-order chi connectivity index (χ1) is 44.8. The second kappa shape index (κ2) is 39.8. The van der Waals surface area contributed by atoms with Gasteiger partial charge in [-0.2, -0.15) is 0 Å². The van der Waals surface area contributed by atoms with Gasteiger partial charge in [0.1, 0.15) is 11.5 Å². The van der Waals surface area contributed by atoms with Crippen LogP contribution in [0.2, 0.25) is 0 Å². The molecule has 93 heavy (non-hydrogen) atoms. The average Bonchev–Trinajstić information content (AvgIpc) is 1.73. The zero-order valence-corrected chi connectivity index (χ0v) is 59.6. The van der Waals surface area contributed by atoms with Crippen molar-refractivity contribution in [2.24, 2.45) is 17.8 Å². The van der Waals surface area contributed by atoms with E-state index < -0.39 is 0 Å². The number of aromatic nitrogens is 1. The SMILES string of the molecule is CC(C)CCc1cccs1.CC(C)[C@@H]1CC1c1ccccc1.CC(C)c1ccc(-c2cnco2)cc1.CC(C)c1ccc(Oc2ccccc2)cc1.CC(C)c1ccc2c(c1)OCO2.CC(C)c1cccc2c1CCCC2.CCCCOC(=O)c1ccc(C(C)C)cc1. The number of fused-ring (bicyclic) bond motifs is 2. The van der Waals surface area contributed by atoms with Gasteiger partial charge in [-0.3, -0.25) is 0 Å². The molecule has 0 spiro atoms. The van der Waals surface area contributed by atoms with Crippen LogP contribution in [0.1, 0.15) is 238 Å². The first-order valence-corrected chi connectivity index (χ1v) is 35.4. The molecule has 1 saturated carbocycles. The van der Waals surface area contributed by atoms with Gasteiger partial charge < -0.3 is 23.4 Å². The zero-order valence-electron chi connectivity index (χ0n) is 58.8.